The van der Waals surface area contributed by atoms with Gasteiger partial charge >= 0.3 is 0 Å². The number of ether oxygens (including phenoxy) is 1. The van der Waals surface area contributed by atoms with Gasteiger partial charge in [0.25, 0.3) is 0 Å². The third kappa shape index (κ3) is 2.15. The Bertz CT molecular complexity index is 562. The fourth-order valence-corrected chi connectivity index (χ4v) is 2.50. The van der Waals surface area contributed by atoms with Crippen molar-refractivity contribution in [2.24, 2.45) is 5.92 Å². The van der Waals surface area contributed by atoms with Crippen molar-refractivity contribution < 1.29 is 4.74 Å². The van der Waals surface area contributed by atoms with Gasteiger partial charge in [0, 0.05) is 26.0 Å². The summed E-state index contributed by atoms with van der Waals surface area (Å²) in [7, 11) is 0. The molecule has 2 N–H and O–H groups in total. The fraction of sp³-hybridized carbons (Fsp3) is 0.500. The molecule has 1 atom stereocenters. The third-order valence-corrected chi connectivity index (χ3v) is 3.57. The number of imidazole rings is 1. The molecule has 6 heteroatoms. The molecule has 0 amide bonds. The first-order valence-corrected chi connectivity index (χ1v) is 6.47. The summed E-state index contributed by atoms with van der Waals surface area (Å²) in [5.41, 5.74) is 7.48. The van der Waals surface area contributed by atoms with Gasteiger partial charge in [-0.25, -0.2) is 9.97 Å². The van der Waals surface area contributed by atoms with Crippen molar-refractivity contribution in [1.29, 1.82) is 0 Å². The summed E-state index contributed by atoms with van der Waals surface area (Å²) in [5, 5.41) is 0.580. The second kappa shape index (κ2) is 4.74. The van der Waals surface area contributed by atoms with E-state index < -0.39 is 0 Å². The van der Waals surface area contributed by atoms with Gasteiger partial charge in [-0.05, 0) is 24.8 Å². The number of halogens is 1. The zero-order valence-corrected chi connectivity index (χ0v) is 10.7. The van der Waals surface area contributed by atoms with Crippen LogP contribution in [0.1, 0.15) is 12.8 Å². The molecule has 0 saturated carbocycles. The molecule has 0 aliphatic carbocycles. The molecule has 0 spiro atoms. The molecular weight excluding hydrogens is 252 g/mol. The Morgan fingerprint density at radius 2 is 2.44 bits per heavy atom. The van der Waals surface area contributed by atoms with E-state index >= 15 is 0 Å². The second-order valence-electron chi connectivity index (χ2n) is 4.64. The number of fused-ring (bicyclic) bond motifs is 1. The number of anilines is 1. The molecule has 5 nitrogen and oxygen atoms in total. The van der Waals surface area contributed by atoms with Crippen LogP contribution < -0.4 is 5.73 Å². The maximum absolute atomic E-state index is 5.93. The van der Waals surface area contributed by atoms with Crippen LogP contribution in [-0.4, -0.2) is 27.7 Å². The van der Waals surface area contributed by atoms with E-state index in [1.807, 2.05) is 4.57 Å². The molecule has 1 saturated heterocycles. The Labute approximate surface area is 110 Å². The number of nitrogens with zero attached hydrogens (tertiary/aromatic N) is 3. The first-order valence-electron chi connectivity index (χ1n) is 6.09. The number of hydrogen-bond donors (Lipinski definition) is 1. The van der Waals surface area contributed by atoms with E-state index in [1.165, 1.54) is 0 Å². The summed E-state index contributed by atoms with van der Waals surface area (Å²) in [6.07, 6.45) is 3.80. The molecule has 1 unspecified atom stereocenters. The molecule has 1 fully saturated rings. The topological polar surface area (TPSA) is 66.0 Å². The molecule has 3 rings (SSSR count). The van der Waals surface area contributed by atoms with E-state index in [-0.39, 0.29) is 0 Å². The Morgan fingerprint density at radius 3 is 3.22 bits per heavy atom. The highest BCUT2D eigenvalue weighted by Gasteiger charge is 2.17. The molecule has 18 heavy (non-hydrogen) atoms. The lowest BCUT2D eigenvalue weighted by molar-refractivity contribution is 0.183. The lowest BCUT2D eigenvalue weighted by atomic mass is 10.1. The lowest BCUT2D eigenvalue weighted by Crippen LogP contribution is -2.09. The highest BCUT2D eigenvalue weighted by molar-refractivity contribution is 6.31. The molecule has 3 heterocycles. The summed E-state index contributed by atoms with van der Waals surface area (Å²) in [5.74, 6) is 1.12. The highest BCUT2D eigenvalue weighted by atomic mass is 35.5. The Balaban J connectivity index is 1.84. The Morgan fingerprint density at radius 1 is 1.56 bits per heavy atom. The number of hydrogen-bond acceptors (Lipinski definition) is 4. The minimum absolute atomic E-state index is 0.499. The monoisotopic (exact) mass is 266 g/mol. The molecule has 1 aliphatic rings. The van der Waals surface area contributed by atoms with Gasteiger partial charge in [0.2, 0.25) is 5.95 Å². The van der Waals surface area contributed by atoms with Crippen LogP contribution >= 0.6 is 11.6 Å². The minimum atomic E-state index is 0.499. The number of aryl methyl sites for hydroxylation is 1. The van der Waals surface area contributed by atoms with Crippen LogP contribution in [0.2, 0.25) is 5.02 Å². The van der Waals surface area contributed by atoms with Crippen LogP contribution in [0.25, 0.3) is 11.2 Å². The van der Waals surface area contributed by atoms with Crippen molar-refractivity contribution in [3.8, 4) is 0 Å². The number of aromatic nitrogens is 3. The Kier molecular flexibility index (Phi) is 3.09. The summed E-state index contributed by atoms with van der Waals surface area (Å²) in [6, 6.07) is 1.79. The van der Waals surface area contributed by atoms with Crippen LogP contribution in [0, 0.1) is 5.92 Å². The summed E-state index contributed by atoms with van der Waals surface area (Å²) in [4.78, 5) is 8.59. The minimum Gasteiger partial charge on any atom is -0.381 e. The zero-order chi connectivity index (χ0) is 12.5. The number of nitrogens with two attached hydrogens (primary N) is 1. The molecule has 0 bridgehead atoms. The molecule has 2 aromatic rings. The van der Waals surface area contributed by atoms with Crippen LogP contribution in [0.5, 0.6) is 0 Å². The normalized spacial score (nSPS) is 19.7. The van der Waals surface area contributed by atoms with Crippen LogP contribution in [0.4, 0.5) is 5.95 Å². The SMILES string of the molecule is Nc1nc2cc(Cl)cnc2n1CCC1CCOC1. The van der Waals surface area contributed by atoms with E-state index in [0.717, 1.165) is 43.8 Å². The molecule has 0 aromatic carbocycles. The first kappa shape index (κ1) is 11.7. The summed E-state index contributed by atoms with van der Waals surface area (Å²) < 4.78 is 7.32. The third-order valence-electron chi connectivity index (χ3n) is 3.37. The quantitative estimate of drug-likeness (QED) is 0.924. The van der Waals surface area contributed by atoms with Gasteiger partial charge in [0.15, 0.2) is 5.65 Å². The second-order valence-corrected chi connectivity index (χ2v) is 5.07. The summed E-state index contributed by atoms with van der Waals surface area (Å²) >= 11 is 5.89. The van der Waals surface area contributed by atoms with Gasteiger partial charge in [-0.15, -0.1) is 0 Å². The molecule has 1 aliphatic heterocycles. The van der Waals surface area contributed by atoms with Gasteiger partial charge in [-0.3, -0.25) is 4.57 Å². The lowest BCUT2D eigenvalue weighted by Gasteiger charge is -2.09. The number of pyridine rings is 1. The van der Waals surface area contributed by atoms with Crippen LogP contribution in [0.15, 0.2) is 12.3 Å². The van der Waals surface area contributed by atoms with E-state index in [2.05, 4.69) is 9.97 Å². The highest BCUT2D eigenvalue weighted by Crippen LogP contribution is 2.22. The predicted molar refractivity (Wildman–Crippen MR) is 70.5 cm³/mol. The molecule has 0 radical (unpaired) electrons. The van der Waals surface area contributed by atoms with Gasteiger partial charge in [-0.2, -0.15) is 0 Å². The fourth-order valence-electron chi connectivity index (χ4n) is 2.35. The largest absolute Gasteiger partial charge is 0.381 e. The molecule has 96 valence electrons. The first-order chi connectivity index (χ1) is 8.74. The zero-order valence-electron chi connectivity index (χ0n) is 9.97. The molecule has 2 aromatic heterocycles. The van der Waals surface area contributed by atoms with Gasteiger partial charge in [0.1, 0.15) is 5.52 Å². The maximum Gasteiger partial charge on any atom is 0.202 e. The standard InChI is InChI=1S/C12H15ClN4O/c13-9-5-10-11(15-6-9)17(12(14)16-10)3-1-8-2-4-18-7-8/h5-6,8H,1-4,7H2,(H2,14,16). The van der Waals surface area contributed by atoms with Crippen molar-refractivity contribution in [3.63, 3.8) is 0 Å². The van der Waals surface area contributed by atoms with E-state index in [9.17, 15) is 0 Å². The average molecular weight is 267 g/mol. The van der Waals surface area contributed by atoms with Crippen molar-refractivity contribution >= 4 is 28.7 Å². The van der Waals surface area contributed by atoms with E-state index in [4.69, 9.17) is 22.1 Å². The Hall–Kier alpha value is -1.33. The van der Waals surface area contributed by atoms with Crippen LogP contribution in [-0.2, 0) is 11.3 Å². The van der Waals surface area contributed by atoms with Gasteiger partial charge < -0.3 is 10.5 Å². The average Bonchev–Trinajstić information content (AvgIpc) is 2.93. The predicted octanol–water partition coefficient (Wildman–Crippen LogP) is 2.09. The van der Waals surface area contributed by atoms with E-state index in [0.29, 0.717) is 16.9 Å². The van der Waals surface area contributed by atoms with Crippen LogP contribution in [0.3, 0.4) is 0 Å². The van der Waals surface area contributed by atoms with Crippen molar-refractivity contribution in [2.45, 2.75) is 19.4 Å². The van der Waals surface area contributed by atoms with Crippen molar-refractivity contribution in [3.05, 3.63) is 17.3 Å². The van der Waals surface area contributed by atoms with Gasteiger partial charge in [0.05, 0.1) is 5.02 Å². The summed E-state index contributed by atoms with van der Waals surface area (Å²) in [6.45, 7) is 2.55. The van der Waals surface area contributed by atoms with Crippen molar-refractivity contribution in [1.82, 2.24) is 14.5 Å². The number of rotatable bonds is 3. The van der Waals surface area contributed by atoms with Gasteiger partial charge in [-0.1, -0.05) is 11.6 Å². The van der Waals surface area contributed by atoms with E-state index in [1.54, 1.807) is 12.3 Å². The van der Waals surface area contributed by atoms with Crippen molar-refractivity contribution in [2.75, 3.05) is 18.9 Å². The smallest absolute Gasteiger partial charge is 0.202 e. The molecular formula is C12H15ClN4O. The maximum atomic E-state index is 5.93. The number of nitrogen functional groups attached to an aromatic ring is 1.